The number of hydrogen-bond donors (Lipinski definition) is 1. The Morgan fingerprint density at radius 1 is 1.40 bits per heavy atom. The first-order chi connectivity index (χ1) is 7.19. The molecule has 1 N–H and O–H groups in total. The van der Waals surface area contributed by atoms with E-state index in [9.17, 15) is 4.79 Å². The second kappa shape index (κ2) is 5.10. The quantitative estimate of drug-likeness (QED) is 0.778. The number of aromatic carboxylic acids is 1. The highest BCUT2D eigenvalue weighted by Crippen LogP contribution is 1.86. The predicted molar refractivity (Wildman–Crippen MR) is 59.9 cm³/mol. The molecule has 0 atom stereocenters. The highest BCUT2D eigenvalue weighted by molar-refractivity contribution is 5.85. The van der Waals surface area contributed by atoms with Gasteiger partial charge < -0.3 is 5.11 Å². The van der Waals surface area contributed by atoms with Crippen molar-refractivity contribution in [3.63, 3.8) is 0 Å². The molecule has 3 heteroatoms. The summed E-state index contributed by atoms with van der Waals surface area (Å²) in [5.74, 6) is -1.01. The monoisotopic (exact) mass is 203 g/mol. The van der Waals surface area contributed by atoms with Crippen LogP contribution in [-0.4, -0.2) is 16.1 Å². The fourth-order valence-electron chi connectivity index (χ4n) is 1.17. The zero-order valence-electron chi connectivity index (χ0n) is 8.77. The average molecular weight is 203 g/mol. The van der Waals surface area contributed by atoms with E-state index in [0.717, 1.165) is 5.22 Å². The molecule has 1 rings (SSSR count). The molecule has 0 unspecified atom stereocenters. The minimum absolute atomic E-state index is 0.0661. The molecule has 0 bridgehead atoms. The number of carboxylic acids is 1. The molecular formula is C12H13NO2. The number of allylic oxidation sites excluding steroid dienone is 2. The zero-order valence-corrected chi connectivity index (χ0v) is 8.77. The number of hydrogen-bond acceptors (Lipinski definition) is 2. The van der Waals surface area contributed by atoms with Crippen LogP contribution in [-0.2, 0) is 0 Å². The summed E-state index contributed by atoms with van der Waals surface area (Å²) in [4.78, 5) is 14.8. The molecule has 0 radical (unpaired) electrons. The Morgan fingerprint density at radius 2 is 2.13 bits per heavy atom. The van der Waals surface area contributed by atoms with Crippen molar-refractivity contribution in [3.8, 4) is 0 Å². The van der Waals surface area contributed by atoms with Crippen molar-refractivity contribution < 1.29 is 9.90 Å². The lowest BCUT2D eigenvalue weighted by Gasteiger charge is -1.93. The summed E-state index contributed by atoms with van der Waals surface area (Å²) in [5, 5.41) is 10.4. The van der Waals surface area contributed by atoms with Crippen LogP contribution in [0.2, 0.25) is 0 Å². The molecule has 78 valence electrons. The molecule has 0 aliphatic carbocycles. The van der Waals surface area contributed by atoms with E-state index in [0.29, 0.717) is 5.35 Å². The molecule has 0 saturated carbocycles. The van der Waals surface area contributed by atoms with Crippen molar-refractivity contribution in [1.29, 1.82) is 0 Å². The lowest BCUT2D eigenvalue weighted by atomic mass is 10.2. The SMILES string of the molecule is C\C=C/C=c1/nc(C(=O)O)cc/c1=C/C. The van der Waals surface area contributed by atoms with Gasteiger partial charge in [-0.2, -0.15) is 0 Å². The molecular weight excluding hydrogens is 190 g/mol. The van der Waals surface area contributed by atoms with Crippen molar-refractivity contribution in [2.24, 2.45) is 0 Å². The molecule has 0 aliphatic rings. The Balaban J connectivity index is 3.46. The third-order valence-corrected chi connectivity index (χ3v) is 1.93. The number of pyridine rings is 1. The third kappa shape index (κ3) is 2.77. The fraction of sp³-hybridized carbons (Fsp3) is 0.167. The third-order valence-electron chi connectivity index (χ3n) is 1.93. The molecule has 0 fully saturated rings. The lowest BCUT2D eigenvalue weighted by molar-refractivity contribution is 0.0690. The van der Waals surface area contributed by atoms with Crippen LogP contribution >= 0.6 is 0 Å². The number of rotatable bonds is 2. The van der Waals surface area contributed by atoms with E-state index in [1.807, 2.05) is 32.1 Å². The Morgan fingerprint density at radius 3 is 2.67 bits per heavy atom. The van der Waals surface area contributed by atoms with E-state index in [1.54, 1.807) is 12.1 Å². The van der Waals surface area contributed by atoms with Gasteiger partial charge in [-0.25, -0.2) is 9.78 Å². The van der Waals surface area contributed by atoms with Gasteiger partial charge in [0.2, 0.25) is 0 Å². The molecule has 0 amide bonds. The van der Waals surface area contributed by atoms with Crippen LogP contribution in [0.3, 0.4) is 0 Å². The van der Waals surface area contributed by atoms with E-state index in [2.05, 4.69) is 4.98 Å². The second-order valence-corrected chi connectivity index (χ2v) is 2.96. The number of carbonyl (C=O) groups is 1. The summed E-state index contributed by atoms with van der Waals surface area (Å²) < 4.78 is 0. The van der Waals surface area contributed by atoms with Crippen LogP contribution in [0, 0.1) is 0 Å². The summed E-state index contributed by atoms with van der Waals surface area (Å²) in [7, 11) is 0. The van der Waals surface area contributed by atoms with E-state index < -0.39 is 5.97 Å². The highest BCUT2D eigenvalue weighted by Gasteiger charge is 2.02. The van der Waals surface area contributed by atoms with Gasteiger partial charge in [0.05, 0.1) is 5.35 Å². The molecule has 0 spiro atoms. The lowest BCUT2D eigenvalue weighted by Crippen LogP contribution is -2.29. The minimum Gasteiger partial charge on any atom is -0.477 e. The first-order valence-corrected chi connectivity index (χ1v) is 4.68. The van der Waals surface area contributed by atoms with Crippen molar-refractivity contribution >= 4 is 18.1 Å². The van der Waals surface area contributed by atoms with Gasteiger partial charge in [0.25, 0.3) is 0 Å². The fourth-order valence-corrected chi connectivity index (χ4v) is 1.17. The molecule has 0 aromatic carbocycles. The molecule has 3 nitrogen and oxygen atoms in total. The molecule has 1 aromatic heterocycles. The topological polar surface area (TPSA) is 50.2 Å². The summed E-state index contributed by atoms with van der Waals surface area (Å²) in [5.41, 5.74) is 0.0661. The smallest absolute Gasteiger partial charge is 0.354 e. The maximum Gasteiger partial charge on any atom is 0.354 e. The van der Waals surface area contributed by atoms with Gasteiger partial charge in [-0.05, 0) is 31.2 Å². The van der Waals surface area contributed by atoms with Gasteiger partial charge >= 0.3 is 5.97 Å². The first kappa shape index (κ1) is 11.2. The van der Waals surface area contributed by atoms with Gasteiger partial charge in [0.1, 0.15) is 5.69 Å². The van der Waals surface area contributed by atoms with E-state index in [1.165, 1.54) is 6.07 Å². The standard InChI is InChI=1S/C12H13NO2/c1-3-5-6-10-9(4-2)7-8-11(13-10)12(14)15/h3-8H,1-2H3,(H,14,15)/b5-3-,9-4-,10-6+. The molecule has 1 aromatic rings. The first-order valence-electron chi connectivity index (χ1n) is 4.68. The Bertz CT molecular complexity index is 501. The van der Waals surface area contributed by atoms with Crippen molar-refractivity contribution in [2.45, 2.75) is 13.8 Å². The van der Waals surface area contributed by atoms with Crippen molar-refractivity contribution in [2.75, 3.05) is 0 Å². The Hall–Kier alpha value is -1.90. The number of nitrogens with zero attached hydrogens (tertiary/aromatic N) is 1. The predicted octanol–water partition coefficient (Wildman–Crippen LogP) is 0.937. The van der Waals surface area contributed by atoms with Gasteiger partial charge in [-0.3, -0.25) is 0 Å². The van der Waals surface area contributed by atoms with Crippen LogP contribution in [0.1, 0.15) is 24.3 Å². The molecule has 1 heterocycles. The maximum absolute atomic E-state index is 10.7. The van der Waals surface area contributed by atoms with Gasteiger partial charge in [0.15, 0.2) is 0 Å². The minimum atomic E-state index is -1.01. The van der Waals surface area contributed by atoms with Crippen LogP contribution < -0.4 is 10.6 Å². The zero-order chi connectivity index (χ0) is 11.3. The summed E-state index contributed by atoms with van der Waals surface area (Å²) in [6, 6.07) is 3.26. The summed E-state index contributed by atoms with van der Waals surface area (Å²) in [6.45, 7) is 3.79. The summed E-state index contributed by atoms with van der Waals surface area (Å²) in [6.07, 6.45) is 7.39. The Labute approximate surface area is 88.1 Å². The molecule has 0 saturated heterocycles. The molecule has 0 aliphatic heterocycles. The van der Waals surface area contributed by atoms with Crippen LogP contribution in [0.25, 0.3) is 12.2 Å². The van der Waals surface area contributed by atoms with E-state index in [-0.39, 0.29) is 5.69 Å². The second-order valence-electron chi connectivity index (χ2n) is 2.96. The summed E-state index contributed by atoms with van der Waals surface area (Å²) >= 11 is 0. The van der Waals surface area contributed by atoms with Crippen LogP contribution in [0.15, 0.2) is 24.3 Å². The van der Waals surface area contributed by atoms with Crippen LogP contribution in [0.4, 0.5) is 0 Å². The maximum atomic E-state index is 10.7. The van der Waals surface area contributed by atoms with Gasteiger partial charge in [-0.1, -0.05) is 24.3 Å². The molecule has 15 heavy (non-hydrogen) atoms. The average Bonchev–Trinajstić information content (AvgIpc) is 2.25. The largest absolute Gasteiger partial charge is 0.477 e. The normalized spacial score (nSPS) is 13.7. The van der Waals surface area contributed by atoms with Crippen molar-refractivity contribution in [3.05, 3.63) is 40.5 Å². The Kier molecular flexibility index (Phi) is 3.80. The van der Waals surface area contributed by atoms with Crippen LogP contribution in [0.5, 0.6) is 0 Å². The highest BCUT2D eigenvalue weighted by atomic mass is 16.4. The van der Waals surface area contributed by atoms with E-state index in [4.69, 9.17) is 5.11 Å². The van der Waals surface area contributed by atoms with Gasteiger partial charge in [-0.15, -0.1) is 0 Å². The van der Waals surface area contributed by atoms with E-state index >= 15 is 0 Å². The number of aromatic nitrogens is 1. The van der Waals surface area contributed by atoms with Crippen molar-refractivity contribution in [1.82, 2.24) is 4.98 Å². The van der Waals surface area contributed by atoms with Gasteiger partial charge in [0, 0.05) is 0 Å². The number of carboxylic acid groups (broad SMARTS) is 1.